The Balaban J connectivity index is 3.17. The van der Waals surface area contributed by atoms with E-state index < -0.39 is 21.1 Å². The van der Waals surface area contributed by atoms with Crippen LogP contribution in [0.5, 0.6) is 0 Å². The first-order valence-electron chi connectivity index (χ1n) is 5.46. The smallest absolute Gasteiger partial charge is 0.328 e. The van der Waals surface area contributed by atoms with Gasteiger partial charge in [-0.05, 0) is 12.5 Å². The fourth-order valence-corrected chi connectivity index (χ4v) is 2.77. The highest BCUT2D eigenvalue weighted by atomic mass is 32.2. The Morgan fingerprint density at radius 3 is 2.29 bits per heavy atom. The molecule has 0 aromatic heterocycles. The van der Waals surface area contributed by atoms with Gasteiger partial charge in [-0.15, -0.1) is 0 Å². The van der Waals surface area contributed by atoms with Crippen molar-refractivity contribution in [3.8, 4) is 0 Å². The summed E-state index contributed by atoms with van der Waals surface area (Å²) in [6.07, 6.45) is 0. The molecule has 1 unspecified atom stereocenters. The summed E-state index contributed by atoms with van der Waals surface area (Å²) in [5.41, 5.74) is 0.452. The fraction of sp³-hybridized carbons (Fsp3) is 0.417. The Bertz CT molecular complexity index is 465. The number of hydrogen-bond acceptors (Lipinski definition) is 4. The van der Waals surface area contributed by atoms with Gasteiger partial charge in [-0.1, -0.05) is 37.3 Å². The van der Waals surface area contributed by atoms with Crippen LogP contribution in [0.15, 0.2) is 30.3 Å². The maximum Gasteiger partial charge on any atom is 0.328 e. The van der Waals surface area contributed by atoms with E-state index >= 15 is 0 Å². The maximum absolute atomic E-state index is 11.9. The van der Waals surface area contributed by atoms with Crippen molar-refractivity contribution in [1.82, 2.24) is 0 Å². The second kappa shape index (κ2) is 5.82. The van der Waals surface area contributed by atoms with Crippen LogP contribution < -0.4 is 0 Å². The monoisotopic (exact) mass is 256 g/mol. The van der Waals surface area contributed by atoms with E-state index in [-0.39, 0.29) is 12.4 Å². The summed E-state index contributed by atoms with van der Waals surface area (Å²) >= 11 is 0. The van der Waals surface area contributed by atoms with Gasteiger partial charge in [0.2, 0.25) is 0 Å². The van der Waals surface area contributed by atoms with Gasteiger partial charge in [0.25, 0.3) is 0 Å². The van der Waals surface area contributed by atoms with Crippen molar-refractivity contribution in [3.63, 3.8) is 0 Å². The minimum absolute atomic E-state index is 0.0919. The summed E-state index contributed by atoms with van der Waals surface area (Å²) in [7, 11) is -3.51. The van der Waals surface area contributed by atoms with Gasteiger partial charge in [0.15, 0.2) is 15.1 Å². The van der Waals surface area contributed by atoms with Gasteiger partial charge in [-0.25, -0.2) is 8.42 Å². The summed E-state index contributed by atoms with van der Waals surface area (Å²) in [6.45, 7) is 3.34. The molecule has 0 aliphatic heterocycles. The summed E-state index contributed by atoms with van der Waals surface area (Å²) in [4.78, 5) is 11.7. The molecule has 0 amide bonds. The molecule has 0 aliphatic carbocycles. The van der Waals surface area contributed by atoms with E-state index in [2.05, 4.69) is 0 Å². The molecule has 0 spiro atoms. The van der Waals surface area contributed by atoms with Crippen LogP contribution in [-0.4, -0.2) is 26.7 Å². The molecule has 4 nitrogen and oxygen atoms in total. The number of benzene rings is 1. The lowest BCUT2D eigenvalue weighted by Gasteiger charge is -2.15. The van der Waals surface area contributed by atoms with Crippen LogP contribution in [0.3, 0.4) is 0 Å². The average molecular weight is 256 g/mol. The molecule has 0 N–H and O–H groups in total. The first-order valence-corrected chi connectivity index (χ1v) is 7.17. The van der Waals surface area contributed by atoms with Gasteiger partial charge in [0.05, 0.1) is 6.61 Å². The molecule has 0 bridgehead atoms. The quantitative estimate of drug-likeness (QED) is 0.753. The topological polar surface area (TPSA) is 60.4 Å². The summed E-state index contributed by atoms with van der Waals surface area (Å²) in [5.74, 6) is -0.800. The molecule has 94 valence electrons. The van der Waals surface area contributed by atoms with Crippen molar-refractivity contribution in [1.29, 1.82) is 0 Å². The van der Waals surface area contributed by atoms with Crippen LogP contribution in [0.1, 0.15) is 24.7 Å². The van der Waals surface area contributed by atoms with Crippen LogP contribution in [-0.2, 0) is 19.4 Å². The predicted octanol–water partition coefficient (Wildman–Crippen LogP) is 1.73. The normalized spacial score (nSPS) is 13.1. The molecule has 0 heterocycles. The SMILES string of the molecule is CCOC(=O)C(c1ccccc1)S(=O)(=O)CC. The molecule has 0 saturated carbocycles. The Morgan fingerprint density at radius 1 is 1.24 bits per heavy atom. The number of sulfone groups is 1. The second-order valence-corrected chi connectivity index (χ2v) is 5.87. The van der Waals surface area contributed by atoms with Crippen LogP contribution >= 0.6 is 0 Å². The highest BCUT2D eigenvalue weighted by Crippen LogP contribution is 2.24. The van der Waals surface area contributed by atoms with Crippen LogP contribution in [0.4, 0.5) is 0 Å². The number of hydrogen-bond donors (Lipinski definition) is 0. The van der Waals surface area contributed by atoms with E-state index in [9.17, 15) is 13.2 Å². The average Bonchev–Trinajstić information content (AvgIpc) is 2.30. The van der Waals surface area contributed by atoms with Crippen molar-refractivity contribution < 1.29 is 17.9 Å². The molecule has 1 rings (SSSR count). The Hall–Kier alpha value is -1.36. The highest BCUT2D eigenvalue weighted by molar-refractivity contribution is 7.92. The molecule has 5 heteroatoms. The molecule has 1 atom stereocenters. The third-order valence-corrected chi connectivity index (χ3v) is 4.35. The van der Waals surface area contributed by atoms with E-state index in [0.29, 0.717) is 5.56 Å². The number of esters is 1. The van der Waals surface area contributed by atoms with E-state index in [1.54, 1.807) is 37.3 Å². The Kier molecular flexibility index (Phi) is 4.69. The minimum atomic E-state index is -3.51. The summed E-state index contributed by atoms with van der Waals surface area (Å²) in [5, 5.41) is -1.21. The first kappa shape index (κ1) is 13.7. The predicted molar refractivity (Wildman–Crippen MR) is 65.3 cm³/mol. The molecular formula is C12H16O4S. The van der Waals surface area contributed by atoms with Crippen LogP contribution in [0.2, 0.25) is 0 Å². The van der Waals surface area contributed by atoms with Crippen molar-refractivity contribution in [2.75, 3.05) is 12.4 Å². The number of rotatable bonds is 5. The maximum atomic E-state index is 11.9. The van der Waals surface area contributed by atoms with Gasteiger partial charge >= 0.3 is 5.97 Å². The highest BCUT2D eigenvalue weighted by Gasteiger charge is 2.33. The van der Waals surface area contributed by atoms with E-state index in [4.69, 9.17) is 4.74 Å². The zero-order valence-electron chi connectivity index (χ0n) is 9.92. The molecule has 17 heavy (non-hydrogen) atoms. The zero-order valence-corrected chi connectivity index (χ0v) is 10.7. The van der Waals surface area contributed by atoms with Gasteiger partial charge < -0.3 is 4.74 Å². The first-order chi connectivity index (χ1) is 8.03. The fourth-order valence-electron chi connectivity index (χ4n) is 1.50. The van der Waals surface area contributed by atoms with E-state index in [1.165, 1.54) is 6.92 Å². The molecular weight excluding hydrogens is 240 g/mol. The number of carbonyl (C=O) groups excluding carboxylic acids is 1. The lowest BCUT2D eigenvalue weighted by atomic mass is 10.1. The lowest BCUT2D eigenvalue weighted by Crippen LogP contribution is -2.25. The van der Waals surface area contributed by atoms with Crippen LogP contribution in [0.25, 0.3) is 0 Å². The van der Waals surface area contributed by atoms with Crippen molar-refractivity contribution in [2.45, 2.75) is 19.1 Å². The van der Waals surface area contributed by atoms with Crippen LogP contribution in [0, 0.1) is 0 Å². The molecule has 0 fully saturated rings. The van der Waals surface area contributed by atoms with Crippen molar-refractivity contribution in [3.05, 3.63) is 35.9 Å². The molecule has 1 aromatic carbocycles. The standard InChI is InChI=1S/C12H16O4S/c1-3-16-12(13)11(17(14,15)4-2)10-8-6-5-7-9-10/h5-9,11H,3-4H2,1-2H3. The van der Waals surface area contributed by atoms with E-state index in [0.717, 1.165) is 0 Å². The Morgan fingerprint density at radius 2 is 1.82 bits per heavy atom. The van der Waals surface area contributed by atoms with Crippen molar-refractivity contribution >= 4 is 15.8 Å². The zero-order chi connectivity index (χ0) is 12.9. The number of ether oxygens (including phenoxy) is 1. The Labute approximate surface area is 102 Å². The minimum Gasteiger partial charge on any atom is -0.465 e. The van der Waals surface area contributed by atoms with Gasteiger partial charge in [0, 0.05) is 5.75 Å². The van der Waals surface area contributed by atoms with Gasteiger partial charge in [-0.2, -0.15) is 0 Å². The van der Waals surface area contributed by atoms with E-state index in [1.807, 2.05) is 0 Å². The molecule has 0 aliphatic rings. The lowest BCUT2D eigenvalue weighted by molar-refractivity contribution is -0.142. The third kappa shape index (κ3) is 3.30. The van der Waals surface area contributed by atoms with Crippen molar-refractivity contribution in [2.24, 2.45) is 0 Å². The van der Waals surface area contributed by atoms with Gasteiger partial charge in [-0.3, -0.25) is 4.79 Å². The second-order valence-electron chi connectivity index (χ2n) is 3.49. The molecule has 0 radical (unpaired) electrons. The molecule has 0 saturated heterocycles. The third-order valence-electron chi connectivity index (χ3n) is 2.36. The summed E-state index contributed by atoms with van der Waals surface area (Å²) in [6, 6.07) is 8.41. The largest absolute Gasteiger partial charge is 0.465 e. The number of carbonyl (C=O) groups is 1. The van der Waals surface area contributed by atoms with Gasteiger partial charge in [0.1, 0.15) is 0 Å². The molecule has 1 aromatic rings. The summed E-state index contributed by atoms with van der Waals surface area (Å²) < 4.78 is 28.7.